The highest BCUT2D eigenvalue weighted by atomic mass is 79.9. The smallest absolute Gasteiger partial charge is 0.249 e. The van der Waals surface area contributed by atoms with Gasteiger partial charge in [-0.05, 0) is 53.0 Å². The van der Waals surface area contributed by atoms with Crippen molar-refractivity contribution in [3.63, 3.8) is 0 Å². The van der Waals surface area contributed by atoms with Gasteiger partial charge < -0.3 is 10.6 Å². The lowest BCUT2D eigenvalue weighted by Gasteiger charge is -2.12. The molecule has 0 saturated carbocycles. The molecule has 0 radical (unpaired) electrons. The monoisotopic (exact) mass is 369 g/mol. The fourth-order valence-corrected chi connectivity index (χ4v) is 2.62. The first-order chi connectivity index (χ1) is 11.1. The van der Waals surface area contributed by atoms with Crippen LogP contribution in [0.1, 0.15) is 11.1 Å². The van der Waals surface area contributed by atoms with Crippen molar-refractivity contribution in [3.8, 4) is 0 Å². The summed E-state index contributed by atoms with van der Waals surface area (Å²) < 4.78 is 0.961. The molecule has 1 aromatic heterocycles. The molecule has 5 nitrogen and oxygen atoms in total. The zero-order valence-corrected chi connectivity index (χ0v) is 14.4. The molecule has 3 aromatic rings. The summed E-state index contributed by atoms with van der Waals surface area (Å²) in [5.41, 5.74) is 4.20. The van der Waals surface area contributed by atoms with E-state index in [2.05, 4.69) is 41.7 Å². The highest BCUT2D eigenvalue weighted by Crippen LogP contribution is 2.25. The Balaban J connectivity index is 1.84. The molecule has 0 aliphatic rings. The summed E-state index contributed by atoms with van der Waals surface area (Å²) in [5, 5.41) is 14.5. The van der Waals surface area contributed by atoms with E-state index in [4.69, 9.17) is 0 Å². The summed E-state index contributed by atoms with van der Waals surface area (Å²) in [6.45, 7) is 4.10. The first kappa shape index (κ1) is 15.4. The summed E-state index contributed by atoms with van der Waals surface area (Å²) in [6, 6.07) is 14.0. The van der Waals surface area contributed by atoms with Gasteiger partial charge in [0.1, 0.15) is 0 Å². The SMILES string of the molecule is Cc1cccc(C)c1Nc1nncc(Nc2ccccc2Br)n1. The highest BCUT2D eigenvalue weighted by Gasteiger charge is 2.07. The van der Waals surface area contributed by atoms with Gasteiger partial charge in [0.05, 0.1) is 11.9 Å². The van der Waals surface area contributed by atoms with E-state index in [0.29, 0.717) is 11.8 Å². The summed E-state index contributed by atoms with van der Waals surface area (Å²) in [4.78, 5) is 4.47. The molecule has 0 aliphatic heterocycles. The Morgan fingerprint density at radius 3 is 2.39 bits per heavy atom. The van der Waals surface area contributed by atoms with E-state index >= 15 is 0 Å². The number of halogens is 1. The van der Waals surface area contributed by atoms with Crippen molar-refractivity contribution in [2.45, 2.75) is 13.8 Å². The molecule has 0 atom stereocenters. The Kier molecular flexibility index (Phi) is 4.52. The topological polar surface area (TPSA) is 62.7 Å². The summed E-state index contributed by atoms with van der Waals surface area (Å²) in [7, 11) is 0. The van der Waals surface area contributed by atoms with Crippen molar-refractivity contribution in [1.29, 1.82) is 0 Å². The molecule has 0 bridgehead atoms. The van der Waals surface area contributed by atoms with Crippen LogP contribution in [0.15, 0.2) is 53.1 Å². The van der Waals surface area contributed by atoms with E-state index < -0.39 is 0 Å². The Morgan fingerprint density at radius 1 is 0.913 bits per heavy atom. The molecule has 0 fully saturated rings. The fraction of sp³-hybridized carbons (Fsp3) is 0.118. The normalized spacial score (nSPS) is 10.4. The maximum absolute atomic E-state index is 4.47. The Labute approximate surface area is 143 Å². The molecule has 0 spiro atoms. The number of aromatic nitrogens is 3. The van der Waals surface area contributed by atoms with E-state index in [1.807, 2.05) is 56.3 Å². The molecular formula is C17H16BrN5. The van der Waals surface area contributed by atoms with Crippen LogP contribution >= 0.6 is 15.9 Å². The summed E-state index contributed by atoms with van der Waals surface area (Å²) in [6.07, 6.45) is 1.59. The van der Waals surface area contributed by atoms with E-state index in [1.54, 1.807) is 6.20 Å². The van der Waals surface area contributed by atoms with E-state index in [-0.39, 0.29) is 0 Å². The molecule has 23 heavy (non-hydrogen) atoms. The fourth-order valence-electron chi connectivity index (χ4n) is 2.24. The van der Waals surface area contributed by atoms with Crippen LogP contribution in [0.25, 0.3) is 0 Å². The lowest BCUT2D eigenvalue weighted by molar-refractivity contribution is 0.981. The average Bonchev–Trinajstić information content (AvgIpc) is 2.54. The number of anilines is 4. The number of hydrogen-bond acceptors (Lipinski definition) is 5. The second-order valence-electron chi connectivity index (χ2n) is 5.16. The first-order valence-corrected chi connectivity index (χ1v) is 7.97. The van der Waals surface area contributed by atoms with E-state index in [1.165, 1.54) is 0 Å². The summed E-state index contributed by atoms with van der Waals surface area (Å²) in [5.74, 6) is 1.08. The second kappa shape index (κ2) is 6.75. The highest BCUT2D eigenvalue weighted by molar-refractivity contribution is 9.10. The van der Waals surface area contributed by atoms with Crippen LogP contribution in [-0.4, -0.2) is 15.2 Å². The minimum Gasteiger partial charge on any atom is -0.338 e. The van der Waals surface area contributed by atoms with Gasteiger partial charge in [-0.1, -0.05) is 30.3 Å². The number of aryl methyl sites for hydroxylation is 2. The second-order valence-corrected chi connectivity index (χ2v) is 6.02. The van der Waals surface area contributed by atoms with Crippen molar-refractivity contribution >= 4 is 39.1 Å². The van der Waals surface area contributed by atoms with Gasteiger partial charge in [-0.15, -0.1) is 5.10 Å². The van der Waals surface area contributed by atoms with Gasteiger partial charge in [0, 0.05) is 10.2 Å². The van der Waals surface area contributed by atoms with Gasteiger partial charge >= 0.3 is 0 Å². The van der Waals surface area contributed by atoms with Crippen molar-refractivity contribution in [2.24, 2.45) is 0 Å². The zero-order valence-electron chi connectivity index (χ0n) is 12.8. The molecule has 0 unspecified atom stereocenters. The minimum absolute atomic E-state index is 0.458. The van der Waals surface area contributed by atoms with Crippen molar-refractivity contribution in [2.75, 3.05) is 10.6 Å². The predicted molar refractivity (Wildman–Crippen MR) is 96.5 cm³/mol. The third-order valence-electron chi connectivity index (χ3n) is 3.41. The molecule has 2 N–H and O–H groups in total. The van der Waals surface area contributed by atoms with Crippen LogP contribution in [0, 0.1) is 13.8 Å². The third-order valence-corrected chi connectivity index (χ3v) is 4.10. The summed E-state index contributed by atoms with van der Waals surface area (Å²) >= 11 is 3.50. The first-order valence-electron chi connectivity index (χ1n) is 7.18. The minimum atomic E-state index is 0.458. The largest absolute Gasteiger partial charge is 0.338 e. The van der Waals surface area contributed by atoms with Gasteiger partial charge in [0.15, 0.2) is 5.82 Å². The maximum atomic E-state index is 4.47. The number of rotatable bonds is 4. The van der Waals surface area contributed by atoms with Crippen molar-refractivity contribution < 1.29 is 0 Å². The van der Waals surface area contributed by atoms with Crippen LogP contribution in [0.4, 0.5) is 23.1 Å². The Bertz CT molecular complexity index is 814. The molecule has 116 valence electrons. The lowest BCUT2D eigenvalue weighted by atomic mass is 10.1. The van der Waals surface area contributed by atoms with Gasteiger partial charge in [-0.3, -0.25) is 0 Å². The maximum Gasteiger partial charge on any atom is 0.249 e. The van der Waals surface area contributed by atoms with Gasteiger partial charge in [0.2, 0.25) is 5.95 Å². The molecular weight excluding hydrogens is 354 g/mol. The van der Waals surface area contributed by atoms with E-state index in [0.717, 1.165) is 27.0 Å². The van der Waals surface area contributed by atoms with E-state index in [9.17, 15) is 0 Å². The number of nitrogens with zero attached hydrogens (tertiary/aromatic N) is 3. The third kappa shape index (κ3) is 3.65. The number of nitrogens with one attached hydrogen (secondary N) is 2. The lowest BCUT2D eigenvalue weighted by Crippen LogP contribution is -2.04. The van der Waals surface area contributed by atoms with Crippen LogP contribution < -0.4 is 10.6 Å². The van der Waals surface area contributed by atoms with Crippen LogP contribution in [0.5, 0.6) is 0 Å². The molecule has 0 aliphatic carbocycles. The predicted octanol–water partition coefficient (Wildman–Crippen LogP) is 4.74. The quantitative estimate of drug-likeness (QED) is 0.695. The van der Waals surface area contributed by atoms with Crippen LogP contribution in [0.2, 0.25) is 0 Å². The standard InChI is InChI=1S/C17H16BrN5/c1-11-6-5-7-12(2)16(11)22-17-21-15(10-19-23-17)20-14-9-4-3-8-13(14)18/h3-10H,1-2H3,(H2,20,21,22,23). The number of para-hydroxylation sites is 2. The van der Waals surface area contributed by atoms with Gasteiger partial charge in [0.25, 0.3) is 0 Å². The molecule has 0 saturated heterocycles. The number of hydrogen-bond donors (Lipinski definition) is 2. The van der Waals surface area contributed by atoms with Crippen molar-refractivity contribution in [1.82, 2.24) is 15.2 Å². The molecule has 0 amide bonds. The average molecular weight is 370 g/mol. The Morgan fingerprint density at radius 2 is 1.65 bits per heavy atom. The van der Waals surface area contributed by atoms with Gasteiger partial charge in [-0.2, -0.15) is 10.1 Å². The molecule has 3 rings (SSSR count). The molecule has 2 aromatic carbocycles. The van der Waals surface area contributed by atoms with Crippen molar-refractivity contribution in [3.05, 3.63) is 64.3 Å². The Hall–Kier alpha value is -2.47. The zero-order chi connectivity index (χ0) is 16.2. The molecule has 1 heterocycles. The van der Waals surface area contributed by atoms with Crippen LogP contribution in [0.3, 0.4) is 0 Å². The molecule has 6 heteroatoms. The van der Waals surface area contributed by atoms with Crippen LogP contribution in [-0.2, 0) is 0 Å². The number of benzene rings is 2. The van der Waals surface area contributed by atoms with Gasteiger partial charge in [-0.25, -0.2) is 0 Å².